The average molecular weight is 977 g/mol. The molecule has 0 aliphatic heterocycles. The van der Waals surface area contributed by atoms with Crippen LogP contribution in [0.25, 0.3) is 66.1 Å². The second-order valence-corrected chi connectivity index (χ2v) is 24.1. The lowest BCUT2D eigenvalue weighted by Gasteiger charge is -2.29. The van der Waals surface area contributed by atoms with Crippen LogP contribution in [0.4, 0.5) is 34.1 Å². The predicted molar refractivity (Wildman–Crippen MR) is 321 cm³/mol. The highest BCUT2D eigenvalue weighted by molar-refractivity contribution is 6.02. The van der Waals surface area contributed by atoms with E-state index in [1.807, 2.05) is 0 Å². The zero-order valence-electron chi connectivity index (χ0n) is 44.7. The zero-order chi connectivity index (χ0) is 51.6. The lowest BCUT2D eigenvalue weighted by molar-refractivity contribution is 0.648. The van der Waals surface area contributed by atoms with Crippen molar-refractivity contribution < 1.29 is 0 Å². The second kappa shape index (κ2) is 15.6. The average Bonchev–Trinajstić information content (AvgIpc) is 4.19. The van der Waals surface area contributed by atoms with E-state index in [-0.39, 0.29) is 21.7 Å². The summed E-state index contributed by atoms with van der Waals surface area (Å²) in [4.78, 5) is 4.89. The Hall–Kier alpha value is -8.46. The number of fused-ring (bicyclic) bond motifs is 14. The van der Waals surface area contributed by atoms with Crippen molar-refractivity contribution in [2.75, 3.05) is 9.80 Å². The Balaban J connectivity index is 0.814. The van der Waals surface area contributed by atoms with E-state index in [9.17, 15) is 0 Å². The van der Waals surface area contributed by atoms with Gasteiger partial charge in [0.25, 0.3) is 0 Å². The summed E-state index contributed by atoms with van der Waals surface area (Å²) in [5.74, 6) is 0. The fraction of sp³-hybridized carbons (Fsp3) is 0.162. The first-order valence-corrected chi connectivity index (χ1v) is 27.2. The SMILES string of the molecule is CC1(C)c2cc(N(c3ccccc3)c3cccc4ccccc34)ccc2-c2cc3c(cc21)-c1cc2c(cc1C3(C)C)-c1cc3c(cc1C2(C)C)-c1ccc(N(c2ccccc2)c2cccc4ccccc24)cc1C3(C)C. The van der Waals surface area contributed by atoms with Gasteiger partial charge >= 0.3 is 0 Å². The molecular weight excluding hydrogens is 917 g/mol. The van der Waals surface area contributed by atoms with Gasteiger partial charge in [-0.1, -0.05) is 177 Å². The smallest absolute Gasteiger partial charge is 0.0540 e. The van der Waals surface area contributed by atoms with E-state index < -0.39 is 0 Å². The maximum atomic E-state index is 2.60. The van der Waals surface area contributed by atoms with Crippen LogP contribution in [-0.4, -0.2) is 0 Å². The van der Waals surface area contributed by atoms with Crippen LogP contribution in [0.15, 0.2) is 218 Å². The number of rotatable bonds is 6. The molecule has 11 aromatic carbocycles. The molecule has 0 heterocycles. The highest BCUT2D eigenvalue weighted by Gasteiger charge is 2.46. The highest BCUT2D eigenvalue weighted by Crippen LogP contribution is 2.62. The van der Waals surface area contributed by atoms with Gasteiger partial charge in [0.15, 0.2) is 0 Å². The highest BCUT2D eigenvalue weighted by atomic mass is 15.1. The Bertz CT molecular complexity index is 4000. The normalized spacial score (nSPS) is 15.8. The van der Waals surface area contributed by atoms with Crippen molar-refractivity contribution in [3.8, 4) is 44.5 Å². The minimum absolute atomic E-state index is 0.190. The summed E-state index contributed by atoms with van der Waals surface area (Å²) in [5, 5.41) is 4.96. The van der Waals surface area contributed by atoms with Crippen molar-refractivity contribution in [3.05, 3.63) is 263 Å². The van der Waals surface area contributed by atoms with E-state index in [1.165, 1.54) is 133 Å². The van der Waals surface area contributed by atoms with Crippen molar-refractivity contribution >= 4 is 55.7 Å². The molecular formula is C74H60N2. The molecule has 0 aromatic heterocycles. The number of benzene rings is 11. The second-order valence-electron chi connectivity index (χ2n) is 24.1. The van der Waals surface area contributed by atoms with E-state index in [0.717, 1.165) is 11.4 Å². The molecule has 0 N–H and O–H groups in total. The Kier molecular flexibility index (Phi) is 9.21. The van der Waals surface area contributed by atoms with Crippen LogP contribution in [0, 0.1) is 0 Å². The molecule has 15 rings (SSSR count). The monoisotopic (exact) mass is 976 g/mol. The van der Waals surface area contributed by atoms with Crippen molar-refractivity contribution in [1.29, 1.82) is 0 Å². The van der Waals surface area contributed by atoms with Gasteiger partial charge in [-0.15, -0.1) is 0 Å². The molecule has 4 aliphatic rings. The molecule has 0 saturated carbocycles. The van der Waals surface area contributed by atoms with Crippen molar-refractivity contribution in [2.24, 2.45) is 0 Å². The summed E-state index contributed by atoms with van der Waals surface area (Å²) in [6.45, 7) is 19.6. The maximum Gasteiger partial charge on any atom is 0.0540 e. The van der Waals surface area contributed by atoms with E-state index in [1.54, 1.807) is 0 Å². The van der Waals surface area contributed by atoms with E-state index in [4.69, 9.17) is 0 Å². The number of anilines is 6. The summed E-state index contributed by atoms with van der Waals surface area (Å²) < 4.78 is 0. The minimum Gasteiger partial charge on any atom is -0.310 e. The predicted octanol–water partition coefficient (Wildman–Crippen LogP) is 20.2. The molecule has 0 radical (unpaired) electrons. The summed E-state index contributed by atoms with van der Waals surface area (Å²) in [6.07, 6.45) is 0. The van der Waals surface area contributed by atoms with Crippen LogP contribution in [0.5, 0.6) is 0 Å². The molecule has 2 heteroatoms. The van der Waals surface area contributed by atoms with Gasteiger partial charge in [0.1, 0.15) is 0 Å². The van der Waals surface area contributed by atoms with Gasteiger partial charge in [-0.25, -0.2) is 0 Å². The number of nitrogens with zero attached hydrogens (tertiary/aromatic N) is 2. The summed E-state index contributed by atoms with van der Waals surface area (Å²) in [5.41, 5.74) is 28.4. The Morgan fingerprint density at radius 3 is 0.842 bits per heavy atom. The van der Waals surface area contributed by atoms with Gasteiger partial charge in [0, 0.05) is 55.2 Å². The molecule has 0 spiro atoms. The molecule has 0 bridgehead atoms. The maximum absolute atomic E-state index is 2.60. The van der Waals surface area contributed by atoms with Crippen molar-refractivity contribution in [3.63, 3.8) is 0 Å². The standard InChI is InChI=1S/C74H60N2/c1-71(2)61-37-49(75(47-25-11-9-12-26-47)69-31-19-23-45-21-15-17-29-51(45)69)33-35-53(61)55-39-65-57(41-63(55)71)59-43-68-60(44-67(59)73(65,5)6)58-42-64-56(40-66(58)74(68,7)8)54-36-34-50(38-62(54)72(64,3)4)76(48-27-13-10-14-28-48)70-32-20-24-46-22-16-18-30-52(46)70/h9-44H,1-8H3. The lowest BCUT2D eigenvalue weighted by Crippen LogP contribution is -2.18. The molecule has 0 atom stereocenters. The largest absolute Gasteiger partial charge is 0.310 e. The molecule has 11 aromatic rings. The molecule has 4 aliphatic carbocycles. The number of hydrogen-bond acceptors (Lipinski definition) is 2. The lowest BCUT2D eigenvalue weighted by atomic mass is 9.78. The van der Waals surface area contributed by atoms with Gasteiger partial charge in [0.2, 0.25) is 0 Å². The third-order valence-electron chi connectivity index (χ3n) is 18.6. The number of para-hydroxylation sites is 2. The van der Waals surface area contributed by atoms with Crippen molar-refractivity contribution in [2.45, 2.75) is 77.0 Å². The number of hydrogen-bond donors (Lipinski definition) is 0. The Morgan fingerprint density at radius 2 is 0.500 bits per heavy atom. The molecule has 0 saturated heterocycles. The quantitative estimate of drug-likeness (QED) is 0.164. The molecule has 0 amide bonds. The van der Waals surface area contributed by atoms with Gasteiger partial charge in [0.05, 0.1) is 11.4 Å². The van der Waals surface area contributed by atoms with Crippen molar-refractivity contribution in [1.82, 2.24) is 0 Å². The first kappa shape index (κ1) is 45.0. The molecule has 0 unspecified atom stereocenters. The topological polar surface area (TPSA) is 6.48 Å². The van der Waals surface area contributed by atoms with E-state index >= 15 is 0 Å². The molecule has 366 valence electrons. The van der Waals surface area contributed by atoms with Gasteiger partial charge < -0.3 is 9.80 Å². The third kappa shape index (κ3) is 6.10. The van der Waals surface area contributed by atoms with Crippen LogP contribution >= 0.6 is 0 Å². The van der Waals surface area contributed by atoms with Crippen LogP contribution < -0.4 is 9.80 Å². The molecule has 0 fully saturated rings. The Labute approximate surface area is 447 Å². The van der Waals surface area contributed by atoms with Gasteiger partial charge in [-0.2, -0.15) is 0 Å². The van der Waals surface area contributed by atoms with Crippen LogP contribution in [0.3, 0.4) is 0 Å². The van der Waals surface area contributed by atoms with Crippen LogP contribution in [0.1, 0.15) is 99.9 Å². The molecule has 76 heavy (non-hydrogen) atoms. The summed E-state index contributed by atoms with van der Waals surface area (Å²) in [6, 6.07) is 82.5. The van der Waals surface area contributed by atoms with Crippen LogP contribution in [0.2, 0.25) is 0 Å². The van der Waals surface area contributed by atoms with E-state index in [2.05, 4.69) is 284 Å². The zero-order valence-corrected chi connectivity index (χ0v) is 44.7. The van der Waals surface area contributed by atoms with Gasteiger partial charge in [-0.3, -0.25) is 0 Å². The molecule has 2 nitrogen and oxygen atoms in total. The summed E-state index contributed by atoms with van der Waals surface area (Å²) in [7, 11) is 0. The minimum atomic E-state index is -0.212. The van der Waals surface area contributed by atoms with E-state index in [0.29, 0.717) is 0 Å². The summed E-state index contributed by atoms with van der Waals surface area (Å²) >= 11 is 0. The first-order valence-electron chi connectivity index (χ1n) is 27.2. The third-order valence-corrected chi connectivity index (χ3v) is 18.6. The first-order chi connectivity index (χ1) is 36.7. The van der Waals surface area contributed by atoms with Crippen LogP contribution in [-0.2, 0) is 21.7 Å². The fourth-order valence-corrected chi connectivity index (χ4v) is 14.5. The van der Waals surface area contributed by atoms with Gasteiger partial charge in [-0.05, 0) is 197 Å². The Morgan fingerprint density at radius 1 is 0.224 bits per heavy atom. The fourth-order valence-electron chi connectivity index (χ4n) is 14.5.